The monoisotopic (exact) mass is 354 g/mol. The van der Waals surface area contributed by atoms with Gasteiger partial charge in [-0.25, -0.2) is 0 Å². The number of pyridine rings is 1. The van der Waals surface area contributed by atoms with Crippen molar-refractivity contribution in [2.45, 2.75) is 44.3 Å². The van der Waals surface area contributed by atoms with Crippen molar-refractivity contribution in [3.8, 4) is 0 Å². The van der Waals surface area contributed by atoms with E-state index in [1.54, 1.807) is 7.11 Å². The average Bonchev–Trinajstić information content (AvgIpc) is 2.68. The zero-order chi connectivity index (χ0) is 18.1. The van der Waals surface area contributed by atoms with Crippen LogP contribution >= 0.6 is 0 Å². The van der Waals surface area contributed by atoms with Crippen molar-refractivity contribution in [3.05, 3.63) is 41.6 Å². The van der Waals surface area contributed by atoms with Crippen molar-refractivity contribution in [2.75, 3.05) is 26.8 Å². The Hall–Kier alpha value is -1.98. The molecule has 2 aliphatic rings. The minimum absolute atomic E-state index is 0.0892. The normalized spacial score (nSPS) is 22.7. The summed E-state index contributed by atoms with van der Waals surface area (Å²) in [4.78, 5) is 19.7. The molecule has 1 amide bonds. The van der Waals surface area contributed by atoms with E-state index in [4.69, 9.17) is 9.47 Å². The quantitative estimate of drug-likeness (QED) is 0.830. The predicted molar refractivity (Wildman–Crippen MR) is 100 cm³/mol. The van der Waals surface area contributed by atoms with Crippen molar-refractivity contribution in [2.24, 2.45) is 0 Å². The number of ether oxygens (including phenoxy) is 2. The molecule has 3 heterocycles. The summed E-state index contributed by atoms with van der Waals surface area (Å²) in [5.74, 6) is 0.0892. The van der Waals surface area contributed by atoms with Crippen molar-refractivity contribution in [1.29, 1.82) is 0 Å². The fraction of sp³-hybridized carbons (Fsp3) is 0.524. The van der Waals surface area contributed by atoms with E-state index in [1.807, 2.05) is 42.2 Å². The van der Waals surface area contributed by atoms with Gasteiger partial charge in [-0.15, -0.1) is 0 Å². The molecule has 1 atom stereocenters. The molecule has 26 heavy (non-hydrogen) atoms. The maximum atomic E-state index is 13.2. The zero-order valence-corrected chi connectivity index (χ0v) is 15.5. The maximum Gasteiger partial charge on any atom is 0.254 e. The lowest BCUT2D eigenvalue weighted by Crippen LogP contribution is -2.56. The third kappa shape index (κ3) is 2.99. The van der Waals surface area contributed by atoms with Gasteiger partial charge in [0, 0.05) is 37.9 Å². The molecule has 5 heteroatoms. The lowest BCUT2D eigenvalue weighted by molar-refractivity contribution is -0.183. The molecule has 2 fully saturated rings. The highest BCUT2D eigenvalue weighted by Crippen LogP contribution is 2.37. The minimum atomic E-state index is -0.222. The molecule has 0 aliphatic carbocycles. The van der Waals surface area contributed by atoms with E-state index >= 15 is 0 Å². The number of aromatic nitrogens is 1. The Morgan fingerprint density at radius 2 is 2.08 bits per heavy atom. The van der Waals surface area contributed by atoms with E-state index in [0.717, 1.165) is 54.5 Å². The largest absolute Gasteiger partial charge is 0.378 e. The second-order valence-electron chi connectivity index (χ2n) is 7.40. The highest BCUT2D eigenvalue weighted by Gasteiger charge is 2.45. The number of carbonyl (C=O) groups is 1. The Kier molecular flexibility index (Phi) is 4.67. The van der Waals surface area contributed by atoms with Crippen LogP contribution in [0.3, 0.4) is 0 Å². The zero-order valence-electron chi connectivity index (χ0n) is 15.5. The average molecular weight is 354 g/mol. The molecule has 0 radical (unpaired) electrons. The molecule has 5 nitrogen and oxygen atoms in total. The topological polar surface area (TPSA) is 51.7 Å². The number of benzene rings is 1. The summed E-state index contributed by atoms with van der Waals surface area (Å²) in [6.45, 7) is 4.14. The van der Waals surface area contributed by atoms with Crippen molar-refractivity contribution in [3.63, 3.8) is 0 Å². The molecule has 138 valence electrons. The van der Waals surface area contributed by atoms with E-state index in [9.17, 15) is 4.79 Å². The second kappa shape index (κ2) is 6.97. The number of hydrogen-bond donors (Lipinski definition) is 0. The number of hydrogen-bond acceptors (Lipinski definition) is 4. The highest BCUT2D eigenvalue weighted by molar-refractivity contribution is 6.06. The van der Waals surface area contributed by atoms with Gasteiger partial charge in [0.05, 0.1) is 22.8 Å². The number of amides is 1. The van der Waals surface area contributed by atoms with E-state index in [-0.39, 0.29) is 17.6 Å². The van der Waals surface area contributed by atoms with Crippen LogP contribution in [0.2, 0.25) is 0 Å². The Morgan fingerprint density at radius 3 is 2.85 bits per heavy atom. The molecule has 0 bridgehead atoms. The molecule has 1 aromatic heterocycles. The number of para-hydroxylation sites is 1. The van der Waals surface area contributed by atoms with Crippen LogP contribution in [0.5, 0.6) is 0 Å². The van der Waals surface area contributed by atoms with Gasteiger partial charge >= 0.3 is 0 Å². The Bertz CT molecular complexity index is 812. The first kappa shape index (κ1) is 17.4. The molecule has 4 rings (SSSR count). The van der Waals surface area contributed by atoms with Crippen LogP contribution in [-0.2, 0) is 9.47 Å². The maximum absolute atomic E-state index is 13.2. The molecule has 1 spiro atoms. The summed E-state index contributed by atoms with van der Waals surface area (Å²) >= 11 is 0. The Balaban J connectivity index is 1.56. The fourth-order valence-electron chi connectivity index (χ4n) is 4.44. The third-order valence-electron chi connectivity index (χ3n) is 5.84. The van der Waals surface area contributed by atoms with Gasteiger partial charge in [0.25, 0.3) is 5.91 Å². The van der Waals surface area contributed by atoms with Gasteiger partial charge in [0.15, 0.2) is 0 Å². The van der Waals surface area contributed by atoms with Gasteiger partial charge in [-0.05, 0) is 44.7 Å². The molecule has 2 saturated heterocycles. The van der Waals surface area contributed by atoms with Crippen LogP contribution in [0.1, 0.15) is 41.7 Å². The fourth-order valence-corrected chi connectivity index (χ4v) is 4.44. The molecule has 0 N–H and O–H groups in total. The molecular formula is C21H26N2O3. The van der Waals surface area contributed by atoms with E-state index in [0.29, 0.717) is 13.1 Å². The first-order chi connectivity index (χ1) is 12.6. The highest BCUT2D eigenvalue weighted by atomic mass is 16.5. The number of nitrogens with zero attached hydrogens (tertiary/aromatic N) is 2. The molecule has 2 aliphatic heterocycles. The van der Waals surface area contributed by atoms with Crippen molar-refractivity contribution < 1.29 is 14.3 Å². The summed E-state index contributed by atoms with van der Waals surface area (Å²) in [5, 5.41) is 0.923. The van der Waals surface area contributed by atoms with Gasteiger partial charge in [-0.1, -0.05) is 18.2 Å². The van der Waals surface area contributed by atoms with Crippen LogP contribution in [0.15, 0.2) is 30.3 Å². The lowest BCUT2D eigenvalue weighted by atomic mass is 9.81. The number of fused-ring (bicyclic) bond motifs is 1. The van der Waals surface area contributed by atoms with Gasteiger partial charge in [-0.2, -0.15) is 0 Å². The summed E-state index contributed by atoms with van der Waals surface area (Å²) in [6, 6.07) is 9.76. The third-order valence-corrected chi connectivity index (χ3v) is 5.84. The number of piperidine rings is 1. The number of rotatable bonds is 2. The molecule has 2 aromatic rings. The minimum Gasteiger partial charge on any atom is -0.378 e. The van der Waals surface area contributed by atoms with Gasteiger partial charge in [0.1, 0.15) is 0 Å². The first-order valence-electron chi connectivity index (χ1n) is 9.45. The van der Waals surface area contributed by atoms with E-state index < -0.39 is 0 Å². The number of likely N-dealkylation sites (tertiary alicyclic amines) is 1. The second-order valence-corrected chi connectivity index (χ2v) is 7.40. The number of carbonyl (C=O) groups excluding carboxylic acids is 1. The summed E-state index contributed by atoms with van der Waals surface area (Å²) in [6.07, 6.45) is 3.89. The predicted octanol–water partition coefficient (Wildman–Crippen LogP) is 3.34. The van der Waals surface area contributed by atoms with Crippen LogP contribution in [0, 0.1) is 6.92 Å². The van der Waals surface area contributed by atoms with Gasteiger partial charge in [-0.3, -0.25) is 9.78 Å². The Morgan fingerprint density at radius 1 is 1.31 bits per heavy atom. The van der Waals surface area contributed by atoms with Crippen molar-refractivity contribution >= 4 is 16.8 Å². The molecule has 1 aromatic carbocycles. The SMILES string of the molecule is CO[C@H]1CCCOC12CCN(C(=O)c1cc(C)nc3ccccc13)CC2. The van der Waals surface area contributed by atoms with Crippen LogP contribution in [0.4, 0.5) is 0 Å². The van der Waals surface area contributed by atoms with Gasteiger partial charge in [0.2, 0.25) is 0 Å². The summed E-state index contributed by atoms with van der Waals surface area (Å²) in [5.41, 5.74) is 2.27. The van der Waals surface area contributed by atoms with Crippen LogP contribution in [-0.4, -0.2) is 54.3 Å². The van der Waals surface area contributed by atoms with Crippen molar-refractivity contribution in [1.82, 2.24) is 9.88 Å². The molecule has 0 saturated carbocycles. The smallest absolute Gasteiger partial charge is 0.254 e. The van der Waals surface area contributed by atoms with E-state index in [1.165, 1.54) is 0 Å². The number of methoxy groups -OCH3 is 1. The van der Waals surface area contributed by atoms with Crippen LogP contribution < -0.4 is 0 Å². The summed E-state index contributed by atoms with van der Waals surface area (Å²) in [7, 11) is 1.77. The standard InChI is InChI=1S/C21H26N2O3/c1-15-14-17(16-6-3-4-7-18(16)22-15)20(24)23-11-9-21(10-12-23)19(25-2)8-5-13-26-21/h3-4,6-7,14,19H,5,8-13H2,1-2H3/t19-/m0/s1. The lowest BCUT2D eigenvalue weighted by Gasteiger charge is -2.48. The number of aryl methyl sites for hydroxylation is 1. The van der Waals surface area contributed by atoms with E-state index in [2.05, 4.69) is 4.98 Å². The molecular weight excluding hydrogens is 328 g/mol. The molecule has 0 unspecified atom stereocenters. The van der Waals surface area contributed by atoms with Crippen LogP contribution in [0.25, 0.3) is 10.9 Å². The Labute approximate surface area is 154 Å². The first-order valence-corrected chi connectivity index (χ1v) is 9.45. The summed E-state index contributed by atoms with van der Waals surface area (Å²) < 4.78 is 11.9. The van der Waals surface area contributed by atoms with Gasteiger partial charge < -0.3 is 14.4 Å².